The molecule has 112 valence electrons. The zero-order valence-electron chi connectivity index (χ0n) is 11.7. The Morgan fingerprint density at radius 1 is 1.41 bits per heavy atom. The normalized spacial score (nSPS) is 10.6. The van der Waals surface area contributed by atoms with Crippen LogP contribution in [0.25, 0.3) is 17.0 Å². The first-order chi connectivity index (χ1) is 10.7. The number of rotatable bonds is 4. The van der Waals surface area contributed by atoms with Gasteiger partial charge < -0.3 is 13.8 Å². The van der Waals surface area contributed by atoms with Crippen LogP contribution < -0.4 is 0 Å². The Hall–Kier alpha value is -2.96. The smallest absolute Gasteiger partial charge is 0.360 e. The number of hydrogen-bond donors (Lipinski definition) is 0. The van der Waals surface area contributed by atoms with Gasteiger partial charge in [-0.1, -0.05) is 5.16 Å². The number of imidazole rings is 1. The van der Waals surface area contributed by atoms with Gasteiger partial charge in [0.1, 0.15) is 5.82 Å². The molecule has 3 aromatic rings. The first kappa shape index (κ1) is 14.0. The van der Waals surface area contributed by atoms with Gasteiger partial charge in [0.05, 0.1) is 18.6 Å². The lowest BCUT2D eigenvalue weighted by molar-refractivity contribution is 0.0514. The van der Waals surface area contributed by atoms with E-state index in [4.69, 9.17) is 9.26 Å². The molecule has 0 aliphatic rings. The lowest BCUT2D eigenvalue weighted by Crippen LogP contribution is -2.04. The first-order valence-corrected chi connectivity index (χ1v) is 6.61. The van der Waals surface area contributed by atoms with Gasteiger partial charge in [-0.15, -0.1) is 0 Å². The van der Waals surface area contributed by atoms with Crippen LogP contribution in [0.3, 0.4) is 0 Å². The van der Waals surface area contributed by atoms with Crippen molar-refractivity contribution in [3.63, 3.8) is 0 Å². The third-order valence-corrected chi connectivity index (χ3v) is 3.01. The van der Waals surface area contributed by atoms with Crippen LogP contribution in [0.4, 0.5) is 4.39 Å². The molecule has 6 nitrogen and oxygen atoms in total. The average Bonchev–Trinajstić information content (AvgIpc) is 3.19. The lowest BCUT2D eigenvalue weighted by Gasteiger charge is -2.04. The van der Waals surface area contributed by atoms with E-state index < -0.39 is 11.8 Å². The summed E-state index contributed by atoms with van der Waals surface area (Å²) in [5.41, 5.74) is 0.895. The zero-order valence-corrected chi connectivity index (χ0v) is 11.7. The molecule has 0 spiro atoms. The molecule has 22 heavy (non-hydrogen) atoms. The highest BCUT2D eigenvalue weighted by Gasteiger charge is 2.15. The topological polar surface area (TPSA) is 70.2 Å². The van der Waals surface area contributed by atoms with Gasteiger partial charge in [0.25, 0.3) is 0 Å². The van der Waals surface area contributed by atoms with E-state index in [0.29, 0.717) is 17.0 Å². The van der Waals surface area contributed by atoms with Crippen molar-refractivity contribution in [1.82, 2.24) is 14.7 Å². The van der Waals surface area contributed by atoms with E-state index >= 15 is 0 Å². The zero-order chi connectivity index (χ0) is 15.5. The van der Waals surface area contributed by atoms with Gasteiger partial charge in [-0.25, -0.2) is 14.2 Å². The second-order valence-corrected chi connectivity index (χ2v) is 4.43. The number of halogens is 1. The predicted molar refractivity (Wildman–Crippen MR) is 75.0 cm³/mol. The number of carbonyl (C=O) groups is 1. The van der Waals surface area contributed by atoms with E-state index in [2.05, 4.69) is 10.1 Å². The molecule has 2 heterocycles. The minimum atomic E-state index is -0.576. The van der Waals surface area contributed by atoms with Crippen molar-refractivity contribution in [3.8, 4) is 17.0 Å². The number of benzene rings is 1. The molecule has 0 atom stereocenters. The van der Waals surface area contributed by atoms with Crippen molar-refractivity contribution in [2.75, 3.05) is 6.61 Å². The number of ether oxygens (including phenoxy) is 1. The predicted octanol–water partition coefficient (Wildman–Crippen LogP) is 2.84. The summed E-state index contributed by atoms with van der Waals surface area (Å²) in [6.07, 6.45) is 4.71. The molecule has 7 heteroatoms. The molecule has 0 bridgehead atoms. The van der Waals surface area contributed by atoms with Crippen LogP contribution in [-0.2, 0) is 4.74 Å². The summed E-state index contributed by atoms with van der Waals surface area (Å²) in [7, 11) is 0. The van der Waals surface area contributed by atoms with E-state index in [-0.39, 0.29) is 12.3 Å². The summed E-state index contributed by atoms with van der Waals surface area (Å²) < 4.78 is 25.6. The minimum Gasteiger partial charge on any atom is -0.461 e. The van der Waals surface area contributed by atoms with Crippen molar-refractivity contribution in [2.45, 2.75) is 6.92 Å². The number of nitrogens with zero attached hydrogens (tertiary/aromatic N) is 3. The molecule has 3 rings (SSSR count). The average molecular weight is 301 g/mol. The highest BCUT2D eigenvalue weighted by molar-refractivity contribution is 5.88. The SMILES string of the molecule is CCOC(=O)c1cc(-c2ccc(-n3ccnc3)c(F)c2)on1. The molecule has 0 N–H and O–H groups in total. The maximum Gasteiger partial charge on any atom is 0.360 e. The van der Waals surface area contributed by atoms with E-state index in [9.17, 15) is 9.18 Å². The largest absolute Gasteiger partial charge is 0.461 e. The van der Waals surface area contributed by atoms with Crippen LogP contribution >= 0.6 is 0 Å². The highest BCUT2D eigenvalue weighted by Crippen LogP contribution is 2.24. The van der Waals surface area contributed by atoms with Gasteiger partial charge >= 0.3 is 5.97 Å². The van der Waals surface area contributed by atoms with Gasteiger partial charge in [-0.05, 0) is 25.1 Å². The Bertz CT molecular complexity index is 796. The monoisotopic (exact) mass is 301 g/mol. The van der Waals surface area contributed by atoms with Crippen molar-refractivity contribution in [3.05, 3.63) is 54.5 Å². The number of aromatic nitrogens is 3. The molecule has 0 amide bonds. The molecule has 0 saturated carbocycles. The van der Waals surface area contributed by atoms with Gasteiger partial charge in [0.2, 0.25) is 0 Å². The van der Waals surface area contributed by atoms with Crippen LogP contribution in [0.2, 0.25) is 0 Å². The summed E-state index contributed by atoms with van der Waals surface area (Å²) >= 11 is 0. The first-order valence-electron chi connectivity index (χ1n) is 6.61. The van der Waals surface area contributed by atoms with Gasteiger partial charge in [-0.3, -0.25) is 0 Å². The molecule has 0 unspecified atom stereocenters. The van der Waals surface area contributed by atoms with Crippen molar-refractivity contribution in [1.29, 1.82) is 0 Å². The maximum atomic E-state index is 14.2. The summed E-state index contributed by atoms with van der Waals surface area (Å²) in [6, 6.07) is 6.00. The summed E-state index contributed by atoms with van der Waals surface area (Å²) in [6.45, 7) is 1.94. The van der Waals surface area contributed by atoms with E-state index in [1.54, 1.807) is 36.0 Å². The summed E-state index contributed by atoms with van der Waals surface area (Å²) in [5.74, 6) is -0.725. The Kier molecular flexibility index (Phi) is 3.69. The van der Waals surface area contributed by atoms with Gasteiger partial charge in [0, 0.05) is 24.0 Å². The van der Waals surface area contributed by atoms with Crippen LogP contribution in [0, 0.1) is 5.82 Å². The molecular formula is C15H12FN3O3. The maximum absolute atomic E-state index is 14.2. The number of carbonyl (C=O) groups excluding carboxylic acids is 1. The Balaban J connectivity index is 1.90. The quantitative estimate of drug-likeness (QED) is 0.693. The van der Waals surface area contributed by atoms with Crippen molar-refractivity contribution < 1.29 is 18.4 Å². The Morgan fingerprint density at radius 3 is 2.95 bits per heavy atom. The van der Waals surface area contributed by atoms with Crippen LogP contribution in [0.1, 0.15) is 17.4 Å². The Labute approximate surface area is 125 Å². The molecule has 1 aromatic carbocycles. The molecule has 2 aromatic heterocycles. The summed E-state index contributed by atoms with van der Waals surface area (Å²) in [4.78, 5) is 15.4. The van der Waals surface area contributed by atoms with Gasteiger partial charge in [-0.2, -0.15) is 0 Å². The molecule has 0 fully saturated rings. The van der Waals surface area contributed by atoms with E-state index in [1.807, 2.05) is 0 Å². The highest BCUT2D eigenvalue weighted by atomic mass is 19.1. The standard InChI is InChI=1S/C15H12FN3O3/c1-2-21-15(20)12-8-14(22-18-12)10-3-4-13(11(16)7-10)19-6-5-17-9-19/h3-9H,2H2,1H3. The van der Waals surface area contributed by atoms with E-state index in [1.165, 1.54) is 18.5 Å². The lowest BCUT2D eigenvalue weighted by atomic mass is 10.1. The third kappa shape index (κ3) is 2.60. The van der Waals surface area contributed by atoms with Crippen LogP contribution in [0.5, 0.6) is 0 Å². The molecule has 0 radical (unpaired) electrons. The van der Waals surface area contributed by atoms with Crippen LogP contribution in [0.15, 0.2) is 47.5 Å². The molecule has 0 aliphatic carbocycles. The van der Waals surface area contributed by atoms with Crippen molar-refractivity contribution >= 4 is 5.97 Å². The molecule has 0 aliphatic heterocycles. The summed E-state index contributed by atoms with van der Waals surface area (Å²) in [5, 5.41) is 3.63. The number of esters is 1. The van der Waals surface area contributed by atoms with E-state index in [0.717, 1.165) is 0 Å². The number of hydrogen-bond acceptors (Lipinski definition) is 5. The molecule has 0 saturated heterocycles. The fourth-order valence-corrected chi connectivity index (χ4v) is 1.98. The second-order valence-electron chi connectivity index (χ2n) is 4.43. The van der Waals surface area contributed by atoms with Gasteiger partial charge in [0.15, 0.2) is 11.5 Å². The third-order valence-electron chi connectivity index (χ3n) is 3.01. The fourth-order valence-electron chi connectivity index (χ4n) is 1.98. The van der Waals surface area contributed by atoms with Crippen molar-refractivity contribution in [2.24, 2.45) is 0 Å². The van der Waals surface area contributed by atoms with Crippen LogP contribution in [-0.4, -0.2) is 27.3 Å². The molecular weight excluding hydrogens is 289 g/mol. The Morgan fingerprint density at radius 2 is 2.27 bits per heavy atom. The fraction of sp³-hybridized carbons (Fsp3) is 0.133. The second kappa shape index (κ2) is 5.80. The minimum absolute atomic E-state index is 0.0518.